The highest BCUT2D eigenvalue weighted by Crippen LogP contribution is 2.02. The van der Waals surface area contributed by atoms with Gasteiger partial charge in [0, 0.05) is 24.8 Å². The van der Waals surface area contributed by atoms with Crippen molar-refractivity contribution in [3.63, 3.8) is 0 Å². The fourth-order valence-corrected chi connectivity index (χ4v) is 1.70. The second-order valence-corrected chi connectivity index (χ2v) is 4.85. The van der Waals surface area contributed by atoms with Crippen LogP contribution in [0.25, 0.3) is 0 Å². The Morgan fingerprint density at radius 2 is 2.12 bits per heavy atom. The molecule has 0 amide bonds. The summed E-state index contributed by atoms with van der Waals surface area (Å²) in [5.41, 5.74) is 1.29. The first-order valence-electron chi connectivity index (χ1n) is 6.44. The van der Waals surface area contributed by atoms with Gasteiger partial charge < -0.3 is 5.32 Å². The van der Waals surface area contributed by atoms with Crippen LogP contribution in [0.4, 0.5) is 0 Å². The van der Waals surface area contributed by atoms with Crippen LogP contribution in [-0.4, -0.2) is 16.3 Å². The molecule has 0 radical (unpaired) electrons. The number of nitrogens with one attached hydrogen (secondary N) is 1. The molecule has 17 heavy (non-hydrogen) atoms. The van der Waals surface area contributed by atoms with Crippen LogP contribution >= 0.6 is 12.4 Å². The molecule has 0 spiro atoms. The molecule has 1 aromatic heterocycles. The molecule has 0 aliphatic carbocycles. The van der Waals surface area contributed by atoms with Gasteiger partial charge in [-0.15, -0.1) is 12.4 Å². The van der Waals surface area contributed by atoms with E-state index in [0.717, 1.165) is 19.6 Å². The molecule has 0 atom stereocenters. The Morgan fingerprint density at radius 1 is 1.35 bits per heavy atom. The van der Waals surface area contributed by atoms with Crippen molar-refractivity contribution in [2.75, 3.05) is 6.54 Å². The van der Waals surface area contributed by atoms with Gasteiger partial charge in [-0.2, -0.15) is 5.10 Å². The van der Waals surface area contributed by atoms with E-state index in [-0.39, 0.29) is 12.4 Å². The molecule has 0 saturated carbocycles. The molecule has 0 aromatic carbocycles. The number of halogens is 1. The Bertz CT molecular complexity index is 284. The number of rotatable bonds is 8. The van der Waals surface area contributed by atoms with Crippen molar-refractivity contribution in [3.05, 3.63) is 18.0 Å². The van der Waals surface area contributed by atoms with Crippen molar-refractivity contribution < 1.29 is 0 Å². The van der Waals surface area contributed by atoms with Gasteiger partial charge in [0.2, 0.25) is 0 Å². The van der Waals surface area contributed by atoms with Crippen LogP contribution in [-0.2, 0) is 13.1 Å². The average molecular weight is 260 g/mol. The Kier molecular flexibility index (Phi) is 9.18. The van der Waals surface area contributed by atoms with E-state index < -0.39 is 0 Å². The zero-order chi connectivity index (χ0) is 11.8. The van der Waals surface area contributed by atoms with Crippen LogP contribution in [0.5, 0.6) is 0 Å². The predicted molar refractivity (Wildman–Crippen MR) is 75.5 cm³/mol. The smallest absolute Gasteiger partial charge is 0.0534 e. The highest BCUT2D eigenvalue weighted by molar-refractivity contribution is 5.85. The fourth-order valence-electron chi connectivity index (χ4n) is 1.70. The lowest BCUT2D eigenvalue weighted by molar-refractivity contribution is 0.482. The summed E-state index contributed by atoms with van der Waals surface area (Å²) in [5, 5.41) is 7.80. The molecule has 1 heterocycles. The zero-order valence-corrected chi connectivity index (χ0v) is 12.1. The maximum atomic E-state index is 4.35. The third-order valence-corrected chi connectivity index (χ3v) is 2.53. The summed E-state index contributed by atoms with van der Waals surface area (Å²) in [6.45, 7) is 9.73. The first-order chi connectivity index (χ1) is 7.72. The van der Waals surface area contributed by atoms with Gasteiger partial charge in [0.25, 0.3) is 0 Å². The fraction of sp³-hybridized carbons (Fsp3) is 0.769. The van der Waals surface area contributed by atoms with Crippen LogP contribution in [0.1, 0.15) is 45.6 Å². The highest BCUT2D eigenvalue weighted by Gasteiger charge is 2.00. The molecule has 0 saturated heterocycles. The van der Waals surface area contributed by atoms with E-state index in [9.17, 15) is 0 Å². The topological polar surface area (TPSA) is 29.9 Å². The van der Waals surface area contributed by atoms with Gasteiger partial charge in [-0.25, -0.2) is 0 Å². The van der Waals surface area contributed by atoms with Gasteiger partial charge in [-0.1, -0.05) is 33.6 Å². The van der Waals surface area contributed by atoms with Crippen LogP contribution in [0.15, 0.2) is 12.4 Å². The van der Waals surface area contributed by atoms with Crippen molar-refractivity contribution in [1.82, 2.24) is 15.1 Å². The summed E-state index contributed by atoms with van der Waals surface area (Å²) >= 11 is 0. The van der Waals surface area contributed by atoms with Crippen molar-refractivity contribution in [3.8, 4) is 0 Å². The van der Waals surface area contributed by atoms with Crippen molar-refractivity contribution >= 4 is 12.4 Å². The third kappa shape index (κ3) is 7.40. The summed E-state index contributed by atoms with van der Waals surface area (Å²) < 4.78 is 2.04. The standard InChI is InChI=1S/C13H25N3.ClH/c1-4-5-6-7-14-8-13-9-15-16(11-13)10-12(2)3;/h9,11-12,14H,4-8,10H2,1-3H3;1H. The summed E-state index contributed by atoms with van der Waals surface area (Å²) in [4.78, 5) is 0. The number of unbranched alkanes of at least 4 members (excludes halogenated alkanes) is 2. The molecule has 1 N–H and O–H groups in total. The third-order valence-electron chi connectivity index (χ3n) is 2.53. The summed E-state index contributed by atoms with van der Waals surface area (Å²) in [6.07, 6.45) is 7.99. The largest absolute Gasteiger partial charge is 0.313 e. The monoisotopic (exact) mass is 259 g/mol. The normalized spacial score (nSPS) is 10.6. The van der Waals surface area contributed by atoms with Gasteiger partial charge in [-0.05, 0) is 18.9 Å². The first kappa shape index (κ1) is 16.5. The molecule has 1 aromatic rings. The first-order valence-corrected chi connectivity index (χ1v) is 6.44. The zero-order valence-electron chi connectivity index (χ0n) is 11.3. The van der Waals surface area contributed by atoms with Gasteiger partial charge in [-0.3, -0.25) is 4.68 Å². The molecule has 1 rings (SSSR count). The molecule has 100 valence electrons. The van der Waals surface area contributed by atoms with Crippen LogP contribution in [0, 0.1) is 5.92 Å². The van der Waals surface area contributed by atoms with E-state index in [1.54, 1.807) is 0 Å². The van der Waals surface area contributed by atoms with E-state index in [0.29, 0.717) is 5.92 Å². The van der Waals surface area contributed by atoms with E-state index in [4.69, 9.17) is 0 Å². The van der Waals surface area contributed by atoms with Crippen molar-refractivity contribution in [2.24, 2.45) is 5.92 Å². The van der Waals surface area contributed by atoms with Crippen molar-refractivity contribution in [2.45, 2.75) is 53.1 Å². The lowest BCUT2D eigenvalue weighted by Gasteiger charge is -2.04. The summed E-state index contributed by atoms with van der Waals surface area (Å²) in [7, 11) is 0. The SMILES string of the molecule is CCCCCNCc1cnn(CC(C)C)c1.Cl. The maximum absolute atomic E-state index is 4.35. The summed E-state index contributed by atoms with van der Waals surface area (Å²) in [6, 6.07) is 0. The minimum atomic E-state index is 0. The maximum Gasteiger partial charge on any atom is 0.0534 e. The molecule has 0 aliphatic heterocycles. The molecule has 3 nitrogen and oxygen atoms in total. The second-order valence-electron chi connectivity index (χ2n) is 4.85. The number of hydrogen-bond acceptors (Lipinski definition) is 2. The number of hydrogen-bond donors (Lipinski definition) is 1. The van der Waals surface area contributed by atoms with Gasteiger partial charge in [0.15, 0.2) is 0 Å². The number of aromatic nitrogens is 2. The van der Waals surface area contributed by atoms with E-state index in [1.165, 1.54) is 24.8 Å². The summed E-state index contributed by atoms with van der Waals surface area (Å²) in [5.74, 6) is 0.658. The van der Waals surface area contributed by atoms with E-state index in [2.05, 4.69) is 37.4 Å². The lowest BCUT2D eigenvalue weighted by atomic mass is 10.2. The van der Waals surface area contributed by atoms with Gasteiger partial charge >= 0.3 is 0 Å². The number of nitrogens with zero attached hydrogens (tertiary/aromatic N) is 2. The van der Waals surface area contributed by atoms with Crippen LogP contribution in [0.2, 0.25) is 0 Å². The molecular weight excluding hydrogens is 234 g/mol. The van der Waals surface area contributed by atoms with Crippen LogP contribution in [0.3, 0.4) is 0 Å². The Hall–Kier alpha value is -0.540. The van der Waals surface area contributed by atoms with Gasteiger partial charge in [0.1, 0.15) is 0 Å². The lowest BCUT2D eigenvalue weighted by Crippen LogP contribution is -2.14. The minimum Gasteiger partial charge on any atom is -0.313 e. The Morgan fingerprint density at radius 3 is 2.76 bits per heavy atom. The Labute approximate surface area is 111 Å². The molecule has 4 heteroatoms. The van der Waals surface area contributed by atoms with E-state index in [1.807, 2.05) is 10.9 Å². The van der Waals surface area contributed by atoms with Crippen LogP contribution < -0.4 is 5.32 Å². The predicted octanol–water partition coefficient (Wildman–Crippen LogP) is 3.24. The molecule has 0 bridgehead atoms. The molecular formula is C13H26ClN3. The quantitative estimate of drug-likeness (QED) is 0.727. The van der Waals surface area contributed by atoms with Crippen molar-refractivity contribution in [1.29, 1.82) is 0 Å². The molecule has 0 aliphatic rings. The average Bonchev–Trinajstić information content (AvgIpc) is 2.64. The molecule has 0 fully saturated rings. The van der Waals surface area contributed by atoms with Gasteiger partial charge in [0.05, 0.1) is 6.20 Å². The minimum absolute atomic E-state index is 0. The Balaban J connectivity index is 0.00000256. The second kappa shape index (κ2) is 9.49. The molecule has 0 unspecified atom stereocenters. The van der Waals surface area contributed by atoms with E-state index >= 15 is 0 Å². The highest BCUT2D eigenvalue weighted by atomic mass is 35.5.